The molecule has 2 fully saturated rings. The second kappa shape index (κ2) is 10.4. The van der Waals surface area contributed by atoms with Crippen LogP contribution in [0.2, 0.25) is 0 Å². The van der Waals surface area contributed by atoms with Crippen LogP contribution in [0.4, 0.5) is 18.0 Å². The molecular formula is C31H28F3NO4. The standard InChI is InChI=1S/C31H28F3NO4/c32-19-12-13-26(28(16-19)39-30(33)34)29(36)18-14-20-6-5-7-21(15-18)35(20)31(37)38-17-27-24-10-3-1-8-22(24)23-9-2-4-11-25(23)27/h1-4,8-13,16,18,20-21,27,30H,5-7,14-15,17H2. The summed E-state index contributed by atoms with van der Waals surface area (Å²) in [6, 6.07) is 19.0. The van der Waals surface area contributed by atoms with Crippen LogP contribution in [0.15, 0.2) is 66.7 Å². The Morgan fingerprint density at radius 1 is 0.897 bits per heavy atom. The number of hydrogen-bond donors (Lipinski definition) is 0. The Labute approximate surface area is 224 Å². The molecule has 1 aliphatic carbocycles. The molecule has 0 aromatic heterocycles. The van der Waals surface area contributed by atoms with Gasteiger partial charge in [0.25, 0.3) is 0 Å². The molecule has 3 aromatic carbocycles. The maximum absolute atomic E-state index is 13.7. The number of hydrogen-bond acceptors (Lipinski definition) is 4. The highest BCUT2D eigenvalue weighted by atomic mass is 19.3. The molecule has 3 aliphatic rings. The monoisotopic (exact) mass is 535 g/mol. The molecule has 6 rings (SSSR count). The van der Waals surface area contributed by atoms with E-state index in [4.69, 9.17) is 4.74 Å². The van der Waals surface area contributed by atoms with Gasteiger partial charge in [0.05, 0.1) is 5.56 Å². The second-order valence-corrected chi connectivity index (χ2v) is 10.5. The van der Waals surface area contributed by atoms with Crippen molar-refractivity contribution in [3.8, 4) is 16.9 Å². The molecule has 0 spiro atoms. The van der Waals surface area contributed by atoms with Crippen LogP contribution in [0.25, 0.3) is 11.1 Å². The molecule has 3 aromatic rings. The third kappa shape index (κ3) is 4.77. The fourth-order valence-corrected chi connectivity index (χ4v) is 6.68. The summed E-state index contributed by atoms with van der Waals surface area (Å²) in [5.74, 6) is -2.12. The fraction of sp³-hybridized carbons (Fsp3) is 0.355. The van der Waals surface area contributed by atoms with Gasteiger partial charge in [-0.25, -0.2) is 9.18 Å². The smallest absolute Gasteiger partial charge is 0.410 e. The molecule has 2 saturated heterocycles. The van der Waals surface area contributed by atoms with Gasteiger partial charge in [-0.05, 0) is 66.5 Å². The average molecular weight is 536 g/mol. The Bertz CT molecular complexity index is 1350. The highest BCUT2D eigenvalue weighted by Crippen LogP contribution is 2.45. The minimum Gasteiger partial charge on any atom is -0.448 e. The number of carbonyl (C=O) groups is 2. The molecule has 2 bridgehead atoms. The molecule has 2 heterocycles. The average Bonchev–Trinajstić information content (AvgIpc) is 3.24. The highest BCUT2D eigenvalue weighted by molar-refractivity contribution is 6.00. The summed E-state index contributed by atoms with van der Waals surface area (Å²) in [6.45, 7) is -2.96. The molecule has 202 valence electrons. The Kier molecular flexibility index (Phi) is 6.79. The lowest BCUT2D eigenvalue weighted by atomic mass is 9.75. The molecule has 2 aliphatic heterocycles. The van der Waals surface area contributed by atoms with Crippen LogP contribution in [-0.2, 0) is 4.74 Å². The van der Waals surface area contributed by atoms with Crippen molar-refractivity contribution in [2.45, 2.75) is 56.7 Å². The summed E-state index contributed by atoms with van der Waals surface area (Å²) in [6.07, 6.45) is 2.79. The van der Waals surface area contributed by atoms with Gasteiger partial charge < -0.3 is 14.4 Å². The molecule has 2 atom stereocenters. The van der Waals surface area contributed by atoms with Crippen LogP contribution in [-0.4, -0.2) is 42.1 Å². The number of rotatable bonds is 6. The summed E-state index contributed by atoms with van der Waals surface area (Å²) >= 11 is 0. The number of benzene rings is 3. The number of fused-ring (bicyclic) bond motifs is 5. The number of carbonyl (C=O) groups excluding carboxylic acids is 2. The van der Waals surface area contributed by atoms with E-state index < -0.39 is 24.1 Å². The van der Waals surface area contributed by atoms with Crippen molar-refractivity contribution in [1.82, 2.24) is 4.90 Å². The lowest BCUT2D eigenvalue weighted by molar-refractivity contribution is -0.0504. The molecule has 8 heteroatoms. The minimum absolute atomic E-state index is 0.0490. The van der Waals surface area contributed by atoms with Gasteiger partial charge in [0.1, 0.15) is 18.2 Å². The Hall–Kier alpha value is -3.81. The zero-order valence-corrected chi connectivity index (χ0v) is 21.2. The van der Waals surface area contributed by atoms with Crippen LogP contribution in [0, 0.1) is 11.7 Å². The molecule has 39 heavy (non-hydrogen) atoms. The number of alkyl halides is 2. The van der Waals surface area contributed by atoms with Crippen molar-refractivity contribution in [2.24, 2.45) is 5.92 Å². The molecular weight excluding hydrogens is 507 g/mol. The number of ether oxygens (including phenoxy) is 2. The first-order valence-corrected chi connectivity index (χ1v) is 13.3. The van der Waals surface area contributed by atoms with Crippen LogP contribution < -0.4 is 4.74 Å². The summed E-state index contributed by atoms with van der Waals surface area (Å²) in [5.41, 5.74) is 4.52. The largest absolute Gasteiger partial charge is 0.448 e. The summed E-state index contributed by atoms with van der Waals surface area (Å²) in [4.78, 5) is 28.6. The second-order valence-electron chi connectivity index (χ2n) is 10.5. The topological polar surface area (TPSA) is 55.8 Å². The Morgan fingerprint density at radius 2 is 1.51 bits per heavy atom. The van der Waals surface area contributed by atoms with E-state index in [1.165, 1.54) is 6.07 Å². The number of halogens is 3. The van der Waals surface area contributed by atoms with Gasteiger partial charge in [-0.2, -0.15) is 8.78 Å². The van der Waals surface area contributed by atoms with E-state index in [1.807, 2.05) is 24.3 Å². The third-order valence-corrected chi connectivity index (χ3v) is 8.32. The summed E-state index contributed by atoms with van der Waals surface area (Å²) in [5, 5.41) is 0. The first-order valence-electron chi connectivity index (χ1n) is 13.3. The van der Waals surface area contributed by atoms with Crippen LogP contribution in [0.1, 0.15) is 59.5 Å². The Balaban J connectivity index is 1.17. The number of Topliss-reactive ketones (excluding diaryl/α,β-unsaturated/α-hetero) is 1. The van der Waals surface area contributed by atoms with E-state index in [0.717, 1.165) is 53.6 Å². The minimum atomic E-state index is -3.17. The molecule has 5 nitrogen and oxygen atoms in total. The van der Waals surface area contributed by atoms with Crippen LogP contribution >= 0.6 is 0 Å². The highest BCUT2D eigenvalue weighted by Gasteiger charge is 2.44. The van der Waals surface area contributed by atoms with Crippen molar-refractivity contribution < 1.29 is 32.2 Å². The van der Waals surface area contributed by atoms with Gasteiger partial charge in [-0.15, -0.1) is 0 Å². The van der Waals surface area contributed by atoms with Gasteiger partial charge in [-0.3, -0.25) is 4.79 Å². The Morgan fingerprint density at radius 3 is 2.13 bits per heavy atom. The predicted octanol–water partition coefficient (Wildman–Crippen LogP) is 7.19. The SMILES string of the molecule is O=C(c1ccc(F)cc1OC(F)F)C1CC2CCCC(C1)N2C(=O)OCC1c2ccccc2-c2ccccc21. The van der Waals surface area contributed by atoms with E-state index >= 15 is 0 Å². The summed E-state index contributed by atoms with van der Waals surface area (Å²) < 4.78 is 49.9. The maximum Gasteiger partial charge on any atom is 0.410 e. The van der Waals surface area contributed by atoms with E-state index in [9.17, 15) is 22.8 Å². The normalized spacial score (nSPS) is 21.8. The van der Waals surface area contributed by atoms with Crippen molar-refractivity contribution in [1.29, 1.82) is 0 Å². The number of amides is 1. The fourth-order valence-electron chi connectivity index (χ4n) is 6.68. The first kappa shape index (κ1) is 25.5. The molecule has 0 N–H and O–H groups in total. The third-order valence-electron chi connectivity index (χ3n) is 8.32. The van der Waals surface area contributed by atoms with Gasteiger partial charge in [0.2, 0.25) is 0 Å². The molecule has 1 amide bonds. The van der Waals surface area contributed by atoms with E-state index in [0.29, 0.717) is 12.8 Å². The van der Waals surface area contributed by atoms with Gasteiger partial charge in [-0.1, -0.05) is 48.5 Å². The van der Waals surface area contributed by atoms with Crippen LogP contribution in [0.3, 0.4) is 0 Å². The zero-order chi connectivity index (χ0) is 27.1. The molecule has 2 unspecified atom stereocenters. The zero-order valence-electron chi connectivity index (χ0n) is 21.2. The lowest BCUT2D eigenvalue weighted by Crippen LogP contribution is -2.55. The van der Waals surface area contributed by atoms with Crippen molar-refractivity contribution in [2.75, 3.05) is 6.61 Å². The van der Waals surface area contributed by atoms with Gasteiger partial charge in [0, 0.05) is 30.0 Å². The lowest BCUT2D eigenvalue weighted by Gasteiger charge is -2.47. The number of piperidine rings is 2. The van der Waals surface area contributed by atoms with Crippen molar-refractivity contribution in [3.63, 3.8) is 0 Å². The van der Waals surface area contributed by atoms with Crippen molar-refractivity contribution in [3.05, 3.63) is 89.2 Å². The van der Waals surface area contributed by atoms with Crippen LogP contribution in [0.5, 0.6) is 5.75 Å². The van der Waals surface area contributed by atoms with E-state index in [1.54, 1.807) is 4.90 Å². The number of nitrogens with zero attached hydrogens (tertiary/aromatic N) is 1. The first-order chi connectivity index (χ1) is 18.9. The van der Waals surface area contributed by atoms with E-state index in [2.05, 4.69) is 29.0 Å². The van der Waals surface area contributed by atoms with Gasteiger partial charge >= 0.3 is 12.7 Å². The summed E-state index contributed by atoms with van der Waals surface area (Å²) in [7, 11) is 0. The van der Waals surface area contributed by atoms with E-state index in [-0.39, 0.29) is 42.0 Å². The van der Waals surface area contributed by atoms with Gasteiger partial charge in [0.15, 0.2) is 5.78 Å². The van der Waals surface area contributed by atoms with Crippen molar-refractivity contribution >= 4 is 11.9 Å². The number of ketones is 1. The molecule has 0 saturated carbocycles. The quantitative estimate of drug-likeness (QED) is 0.314. The predicted molar refractivity (Wildman–Crippen MR) is 138 cm³/mol. The molecule has 0 radical (unpaired) electrons. The maximum atomic E-state index is 13.7.